The molecule has 4 rings (SSSR count). The van der Waals surface area contributed by atoms with Crippen molar-refractivity contribution in [1.29, 1.82) is 0 Å². The van der Waals surface area contributed by atoms with Crippen LogP contribution in [0.1, 0.15) is 29.5 Å². The summed E-state index contributed by atoms with van der Waals surface area (Å²) in [5, 5.41) is 0.721. The first-order chi connectivity index (χ1) is 10.7. The van der Waals surface area contributed by atoms with Gasteiger partial charge in [0.1, 0.15) is 0 Å². The van der Waals surface area contributed by atoms with E-state index < -0.39 is 0 Å². The standard InChI is InChI=1S/C18H15ClN2O/c19-14-6-3-12(4-7-14)18-16-10-15(8-5-13(16)11-20-18)21-9-1-2-17(21)22/h3-8,10H,1-2,9,11H2. The molecule has 4 heteroatoms. The monoisotopic (exact) mass is 310 g/mol. The van der Waals surface area contributed by atoms with Crippen LogP contribution in [0.2, 0.25) is 5.02 Å². The number of amides is 1. The molecule has 0 saturated carbocycles. The second-order valence-electron chi connectivity index (χ2n) is 5.66. The Morgan fingerprint density at radius 3 is 2.64 bits per heavy atom. The van der Waals surface area contributed by atoms with E-state index in [1.807, 2.05) is 35.2 Å². The lowest BCUT2D eigenvalue weighted by Gasteiger charge is -2.17. The van der Waals surface area contributed by atoms with Crippen molar-refractivity contribution in [3.63, 3.8) is 0 Å². The third-order valence-corrected chi connectivity index (χ3v) is 4.51. The maximum atomic E-state index is 11.9. The average molecular weight is 311 g/mol. The molecule has 0 aromatic heterocycles. The van der Waals surface area contributed by atoms with Gasteiger partial charge in [-0.15, -0.1) is 0 Å². The normalized spacial score (nSPS) is 16.9. The fourth-order valence-corrected chi connectivity index (χ4v) is 3.24. The molecule has 3 nitrogen and oxygen atoms in total. The van der Waals surface area contributed by atoms with E-state index in [0.717, 1.165) is 40.5 Å². The van der Waals surface area contributed by atoms with Gasteiger partial charge in [0, 0.05) is 34.8 Å². The minimum Gasteiger partial charge on any atom is -0.312 e. The summed E-state index contributed by atoms with van der Waals surface area (Å²) >= 11 is 5.96. The van der Waals surface area contributed by atoms with Gasteiger partial charge in [0.05, 0.1) is 12.3 Å². The number of carbonyl (C=O) groups excluding carboxylic acids is 1. The van der Waals surface area contributed by atoms with Gasteiger partial charge in [-0.25, -0.2) is 0 Å². The predicted molar refractivity (Wildman–Crippen MR) is 88.8 cm³/mol. The van der Waals surface area contributed by atoms with Crippen molar-refractivity contribution in [2.75, 3.05) is 11.4 Å². The minimum absolute atomic E-state index is 0.211. The van der Waals surface area contributed by atoms with Crippen LogP contribution in [0.4, 0.5) is 5.69 Å². The first-order valence-electron chi connectivity index (χ1n) is 7.46. The van der Waals surface area contributed by atoms with Crippen LogP contribution in [0.15, 0.2) is 47.5 Å². The molecule has 22 heavy (non-hydrogen) atoms. The summed E-state index contributed by atoms with van der Waals surface area (Å²) in [5.41, 5.74) is 5.36. The van der Waals surface area contributed by atoms with Crippen LogP contribution >= 0.6 is 11.6 Å². The maximum absolute atomic E-state index is 11.9. The highest BCUT2D eigenvalue weighted by Crippen LogP contribution is 2.30. The Morgan fingerprint density at radius 1 is 1.09 bits per heavy atom. The predicted octanol–water partition coefficient (Wildman–Crippen LogP) is 3.82. The highest BCUT2D eigenvalue weighted by atomic mass is 35.5. The third-order valence-electron chi connectivity index (χ3n) is 4.26. The molecule has 2 aromatic rings. The topological polar surface area (TPSA) is 32.7 Å². The number of rotatable bonds is 2. The van der Waals surface area contributed by atoms with Crippen LogP contribution in [0.5, 0.6) is 0 Å². The van der Waals surface area contributed by atoms with Gasteiger partial charge in [-0.2, -0.15) is 0 Å². The van der Waals surface area contributed by atoms with Crippen molar-refractivity contribution in [3.05, 3.63) is 64.2 Å². The Bertz CT molecular complexity index is 780. The Labute approximate surface area is 134 Å². The number of fused-ring (bicyclic) bond motifs is 1. The molecule has 1 saturated heterocycles. The zero-order valence-corrected chi connectivity index (χ0v) is 12.8. The van der Waals surface area contributed by atoms with E-state index in [4.69, 9.17) is 11.6 Å². The highest BCUT2D eigenvalue weighted by Gasteiger charge is 2.24. The number of anilines is 1. The van der Waals surface area contributed by atoms with Crippen molar-refractivity contribution in [2.45, 2.75) is 19.4 Å². The molecule has 1 amide bonds. The molecule has 2 aromatic carbocycles. The molecule has 2 aliphatic rings. The second-order valence-corrected chi connectivity index (χ2v) is 6.10. The highest BCUT2D eigenvalue weighted by molar-refractivity contribution is 6.30. The van der Waals surface area contributed by atoms with Crippen LogP contribution in [-0.2, 0) is 11.3 Å². The van der Waals surface area contributed by atoms with Crippen molar-refractivity contribution in [2.24, 2.45) is 4.99 Å². The van der Waals surface area contributed by atoms with Gasteiger partial charge in [-0.05, 0) is 36.2 Å². The van der Waals surface area contributed by atoms with Crippen molar-refractivity contribution in [1.82, 2.24) is 0 Å². The lowest BCUT2D eigenvalue weighted by molar-refractivity contribution is -0.117. The molecule has 0 spiro atoms. The van der Waals surface area contributed by atoms with Gasteiger partial charge in [0.2, 0.25) is 5.91 Å². The summed E-state index contributed by atoms with van der Waals surface area (Å²) in [4.78, 5) is 18.5. The lowest BCUT2D eigenvalue weighted by Crippen LogP contribution is -2.23. The Balaban J connectivity index is 1.73. The smallest absolute Gasteiger partial charge is 0.227 e. The summed E-state index contributed by atoms with van der Waals surface area (Å²) in [7, 11) is 0. The van der Waals surface area contributed by atoms with Crippen LogP contribution in [0, 0.1) is 0 Å². The van der Waals surface area contributed by atoms with Gasteiger partial charge >= 0.3 is 0 Å². The fraction of sp³-hybridized carbons (Fsp3) is 0.222. The number of benzene rings is 2. The molecule has 0 atom stereocenters. The quantitative estimate of drug-likeness (QED) is 0.830. The van der Waals surface area contributed by atoms with E-state index in [0.29, 0.717) is 13.0 Å². The van der Waals surface area contributed by atoms with Crippen molar-refractivity contribution in [3.8, 4) is 0 Å². The van der Waals surface area contributed by atoms with E-state index in [-0.39, 0.29) is 5.91 Å². The largest absolute Gasteiger partial charge is 0.312 e. The molecule has 0 unspecified atom stereocenters. The van der Waals surface area contributed by atoms with Crippen LogP contribution < -0.4 is 4.90 Å². The SMILES string of the molecule is O=C1CCCN1c1ccc2c(c1)C(c1ccc(Cl)cc1)=NC2. The summed E-state index contributed by atoms with van der Waals surface area (Å²) in [5.74, 6) is 0.211. The zero-order chi connectivity index (χ0) is 15.1. The molecule has 1 fully saturated rings. The summed E-state index contributed by atoms with van der Waals surface area (Å²) in [6.45, 7) is 1.51. The summed E-state index contributed by atoms with van der Waals surface area (Å²) in [6.07, 6.45) is 1.59. The second kappa shape index (κ2) is 5.25. The van der Waals surface area contributed by atoms with Crippen LogP contribution in [0.25, 0.3) is 0 Å². The molecule has 2 aliphatic heterocycles. The van der Waals surface area contributed by atoms with Gasteiger partial charge < -0.3 is 4.90 Å². The molecule has 0 aliphatic carbocycles. The minimum atomic E-state index is 0.211. The molecule has 110 valence electrons. The molecular weight excluding hydrogens is 296 g/mol. The Hall–Kier alpha value is -2.13. The number of aliphatic imine (C=N–C) groups is 1. The van der Waals surface area contributed by atoms with Crippen molar-refractivity contribution >= 4 is 28.9 Å². The first-order valence-corrected chi connectivity index (χ1v) is 7.84. The number of halogens is 1. The first kappa shape index (κ1) is 13.5. The van der Waals surface area contributed by atoms with E-state index in [9.17, 15) is 4.79 Å². The van der Waals surface area contributed by atoms with E-state index in [1.165, 1.54) is 5.56 Å². The molecule has 2 heterocycles. The number of carbonyl (C=O) groups is 1. The number of hydrogen-bond acceptors (Lipinski definition) is 2. The summed E-state index contributed by atoms with van der Waals surface area (Å²) in [6, 6.07) is 14.0. The van der Waals surface area contributed by atoms with Gasteiger partial charge in [-0.1, -0.05) is 29.8 Å². The molecule has 0 N–H and O–H groups in total. The van der Waals surface area contributed by atoms with Gasteiger partial charge in [-0.3, -0.25) is 9.79 Å². The van der Waals surface area contributed by atoms with E-state index >= 15 is 0 Å². The third kappa shape index (κ3) is 2.22. The summed E-state index contributed by atoms with van der Waals surface area (Å²) < 4.78 is 0. The van der Waals surface area contributed by atoms with Gasteiger partial charge in [0.25, 0.3) is 0 Å². The van der Waals surface area contributed by atoms with Crippen LogP contribution in [0.3, 0.4) is 0 Å². The van der Waals surface area contributed by atoms with Gasteiger partial charge in [0.15, 0.2) is 0 Å². The number of hydrogen-bond donors (Lipinski definition) is 0. The number of nitrogens with zero attached hydrogens (tertiary/aromatic N) is 2. The molecular formula is C18H15ClN2O. The van der Waals surface area contributed by atoms with Crippen LogP contribution in [-0.4, -0.2) is 18.2 Å². The van der Waals surface area contributed by atoms with E-state index in [1.54, 1.807) is 0 Å². The van der Waals surface area contributed by atoms with Crippen molar-refractivity contribution < 1.29 is 4.79 Å². The van der Waals surface area contributed by atoms with E-state index in [2.05, 4.69) is 17.1 Å². The lowest BCUT2D eigenvalue weighted by atomic mass is 9.99. The average Bonchev–Trinajstić information content (AvgIpc) is 3.13. The molecule has 0 bridgehead atoms. The fourth-order valence-electron chi connectivity index (χ4n) is 3.12. The zero-order valence-electron chi connectivity index (χ0n) is 12.1. The Kier molecular flexibility index (Phi) is 3.23. The molecule has 0 radical (unpaired) electrons. The maximum Gasteiger partial charge on any atom is 0.227 e. The Morgan fingerprint density at radius 2 is 1.91 bits per heavy atom.